The van der Waals surface area contributed by atoms with E-state index in [1.807, 2.05) is 27.7 Å². The van der Waals surface area contributed by atoms with Gasteiger partial charge in [-0.1, -0.05) is 20.8 Å². The van der Waals surface area contributed by atoms with Crippen LogP contribution in [0.2, 0.25) is 0 Å². The summed E-state index contributed by atoms with van der Waals surface area (Å²) in [4.78, 5) is 1.67. The molecule has 0 spiro atoms. The Morgan fingerprint density at radius 1 is 1.16 bits per heavy atom. The van der Waals surface area contributed by atoms with E-state index >= 15 is 0 Å². The SMILES string of the molecule is CCNCc1cc(F)c(N(C)C(C)C(C)C)c(F)c1. The van der Waals surface area contributed by atoms with Crippen molar-refractivity contribution in [3.8, 4) is 0 Å². The number of hydrogen-bond acceptors (Lipinski definition) is 2. The lowest BCUT2D eigenvalue weighted by atomic mass is 10.0. The van der Waals surface area contributed by atoms with Crippen molar-refractivity contribution in [1.29, 1.82) is 0 Å². The molecule has 0 aromatic heterocycles. The number of anilines is 1. The number of nitrogens with one attached hydrogen (secondary N) is 1. The van der Waals surface area contributed by atoms with Crippen molar-refractivity contribution >= 4 is 5.69 Å². The van der Waals surface area contributed by atoms with E-state index in [-0.39, 0.29) is 11.7 Å². The van der Waals surface area contributed by atoms with Crippen LogP contribution < -0.4 is 10.2 Å². The zero-order valence-corrected chi connectivity index (χ0v) is 12.4. The first-order valence-corrected chi connectivity index (χ1v) is 6.79. The van der Waals surface area contributed by atoms with Crippen molar-refractivity contribution in [2.24, 2.45) is 5.92 Å². The Morgan fingerprint density at radius 2 is 1.68 bits per heavy atom. The predicted molar refractivity (Wildman–Crippen MR) is 76.4 cm³/mol. The molecule has 0 amide bonds. The summed E-state index contributed by atoms with van der Waals surface area (Å²) in [6, 6.07) is 2.89. The van der Waals surface area contributed by atoms with Gasteiger partial charge in [0.1, 0.15) is 17.3 Å². The molecule has 1 atom stereocenters. The third kappa shape index (κ3) is 3.90. The first-order chi connectivity index (χ1) is 8.88. The van der Waals surface area contributed by atoms with Crippen molar-refractivity contribution < 1.29 is 8.78 Å². The van der Waals surface area contributed by atoms with Crippen LogP contribution in [0.3, 0.4) is 0 Å². The van der Waals surface area contributed by atoms with Gasteiger partial charge in [-0.15, -0.1) is 0 Å². The summed E-state index contributed by atoms with van der Waals surface area (Å²) in [5.41, 5.74) is 0.688. The van der Waals surface area contributed by atoms with Crippen LogP contribution in [0, 0.1) is 17.6 Å². The van der Waals surface area contributed by atoms with Gasteiger partial charge in [-0.25, -0.2) is 8.78 Å². The average Bonchev–Trinajstić information content (AvgIpc) is 2.34. The van der Waals surface area contributed by atoms with Gasteiger partial charge in [0.15, 0.2) is 0 Å². The van der Waals surface area contributed by atoms with Crippen LogP contribution in [-0.2, 0) is 6.54 Å². The van der Waals surface area contributed by atoms with Crippen LogP contribution in [0.5, 0.6) is 0 Å². The van der Waals surface area contributed by atoms with Crippen molar-refractivity contribution in [1.82, 2.24) is 5.32 Å². The third-order valence-electron chi connectivity index (χ3n) is 3.58. The molecule has 0 bridgehead atoms. The van der Waals surface area contributed by atoms with Crippen molar-refractivity contribution in [3.05, 3.63) is 29.3 Å². The van der Waals surface area contributed by atoms with Crippen LogP contribution in [0.1, 0.15) is 33.3 Å². The van der Waals surface area contributed by atoms with E-state index in [4.69, 9.17) is 0 Å². The van der Waals surface area contributed by atoms with Gasteiger partial charge in [-0.05, 0) is 37.1 Å². The van der Waals surface area contributed by atoms with Crippen molar-refractivity contribution in [2.45, 2.75) is 40.3 Å². The number of halogens is 2. The molecule has 0 fully saturated rings. The van der Waals surface area contributed by atoms with Gasteiger partial charge in [0.05, 0.1) is 0 Å². The number of hydrogen-bond donors (Lipinski definition) is 1. The van der Waals surface area contributed by atoms with E-state index in [1.54, 1.807) is 11.9 Å². The molecule has 0 saturated carbocycles. The lowest BCUT2D eigenvalue weighted by molar-refractivity contribution is 0.485. The molecular formula is C15H24F2N2. The molecule has 0 aliphatic heterocycles. The van der Waals surface area contributed by atoms with Gasteiger partial charge in [0.2, 0.25) is 0 Å². The largest absolute Gasteiger partial charge is 0.367 e. The molecule has 1 aromatic rings. The Hall–Kier alpha value is -1.16. The van der Waals surface area contributed by atoms with Gasteiger partial charge >= 0.3 is 0 Å². The van der Waals surface area contributed by atoms with Gasteiger partial charge in [-0.2, -0.15) is 0 Å². The molecule has 0 aliphatic rings. The lowest BCUT2D eigenvalue weighted by Gasteiger charge is -2.30. The van der Waals surface area contributed by atoms with Gasteiger partial charge in [0, 0.05) is 19.6 Å². The summed E-state index contributed by atoms with van der Waals surface area (Å²) in [5, 5.41) is 3.06. The van der Waals surface area contributed by atoms with Gasteiger partial charge in [0.25, 0.3) is 0 Å². The summed E-state index contributed by atoms with van der Waals surface area (Å²) < 4.78 is 28.2. The Labute approximate surface area is 114 Å². The molecule has 1 N–H and O–H groups in total. The van der Waals surface area contributed by atoms with Crippen LogP contribution >= 0.6 is 0 Å². The van der Waals surface area contributed by atoms with Crippen LogP contribution in [0.15, 0.2) is 12.1 Å². The fourth-order valence-electron chi connectivity index (χ4n) is 1.98. The fraction of sp³-hybridized carbons (Fsp3) is 0.600. The summed E-state index contributed by atoms with van der Waals surface area (Å²) in [6.45, 7) is 9.26. The molecule has 2 nitrogen and oxygen atoms in total. The molecule has 0 aliphatic carbocycles. The lowest BCUT2D eigenvalue weighted by Crippen LogP contribution is -2.34. The molecule has 0 heterocycles. The van der Waals surface area contributed by atoms with E-state index in [2.05, 4.69) is 5.32 Å². The Bertz CT molecular complexity index is 396. The molecule has 1 unspecified atom stereocenters. The molecule has 1 aromatic carbocycles. The molecule has 108 valence electrons. The first kappa shape index (κ1) is 15.9. The average molecular weight is 270 g/mol. The van der Waals surface area contributed by atoms with E-state index in [0.717, 1.165) is 6.54 Å². The minimum absolute atomic E-state index is 0.0569. The van der Waals surface area contributed by atoms with Gasteiger partial charge in [-0.3, -0.25) is 0 Å². The minimum atomic E-state index is -0.497. The summed E-state index contributed by atoms with van der Waals surface area (Å²) in [5.74, 6) is -0.670. The van der Waals surface area contributed by atoms with E-state index in [1.165, 1.54) is 12.1 Å². The fourth-order valence-corrected chi connectivity index (χ4v) is 1.98. The van der Waals surface area contributed by atoms with Crippen LogP contribution in [-0.4, -0.2) is 19.6 Å². The maximum absolute atomic E-state index is 14.1. The highest BCUT2D eigenvalue weighted by Gasteiger charge is 2.21. The summed E-state index contributed by atoms with van der Waals surface area (Å²) >= 11 is 0. The van der Waals surface area contributed by atoms with E-state index in [9.17, 15) is 8.78 Å². The molecule has 1 rings (SSSR count). The Balaban J connectivity index is 3.02. The zero-order chi connectivity index (χ0) is 14.6. The standard InChI is InChI=1S/C15H24F2N2/c1-6-18-9-12-7-13(16)15(14(17)8-12)19(5)11(4)10(2)3/h7-8,10-11,18H,6,9H2,1-5H3. The van der Waals surface area contributed by atoms with Crippen molar-refractivity contribution in [2.75, 3.05) is 18.5 Å². The third-order valence-corrected chi connectivity index (χ3v) is 3.58. The van der Waals surface area contributed by atoms with Gasteiger partial charge < -0.3 is 10.2 Å². The summed E-state index contributed by atoms with van der Waals surface area (Å²) in [7, 11) is 1.73. The highest BCUT2D eigenvalue weighted by molar-refractivity contribution is 5.51. The molecule has 0 saturated heterocycles. The summed E-state index contributed by atoms with van der Waals surface area (Å²) in [6.07, 6.45) is 0. The van der Waals surface area contributed by atoms with Crippen LogP contribution in [0.25, 0.3) is 0 Å². The maximum atomic E-state index is 14.1. The normalized spacial score (nSPS) is 12.8. The van der Waals surface area contributed by atoms with E-state index < -0.39 is 11.6 Å². The maximum Gasteiger partial charge on any atom is 0.149 e. The minimum Gasteiger partial charge on any atom is -0.367 e. The van der Waals surface area contributed by atoms with Crippen molar-refractivity contribution in [3.63, 3.8) is 0 Å². The number of nitrogens with zero attached hydrogens (tertiary/aromatic N) is 1. The highest BCUT2D eigenvalue weighted by Crippen LogP contribution is 2.27. The second-order valence-corrected chi connectivity index (χ2v) is 5.28. The Kier molecular flexibility index (Phi) is 5.73. The first-order valence-electron chi connectivity index (χ1n) is 6.79. The Morgan fingerprint density at radius 3 is 2.11 bits per heavy atom. The second-order valence-electron chi connectivity index (χ2n) is 5.28. The zero-order valence-electron chi connectivity index (χ0n) is 12.4. The van der Waals surface area contributed by atoms with E-state index in [0.29, 0.717) is 18.0 Å². The second kappa shape index (κ2) is 6.85. The number of rotatable bonds is 6. The smallest absolute Gasteiger partial charge is 0.149 e. The quantitative estimate of drug-likeness (QED) is 0.850. The highest BCUT2D eigenvalue weighted by atomic mass is 19.1. The number of benzene rings is 1. The topological polar surface area (TPSA) is 15.3 Å². The molecule has 19 heavy (non-hydrogen) atoms. The monoisotopic (exact) mass is 270 g/mol. The predicted octanol–water partition coefficient (Wildman–Crippen LogP) is 3.56. The molecule has 4 heteroatoms. The molecule has 0 radical (unpaired) electrons. The van der Waals surface area contributed by atoms with Crippen LogP contribution in [0.4, 0.5) is 14.5 Å². The molecular weight excluding hydrogens is 246 g/mol.